The van der Waals surface area contributed by atoms with Crippen molar-refractivity contribution >= 4 is 11.7 Å². The molecule has 0 aliphatic carbocycles. The normalized spacial score (nSPS) is 15.3. The van der Waals surface area contributed by atoms with Crippen molar-refractivity contribution in [2.45, 2.75) is 32.6 Å². The molecule has 3 rings (SSSR count). The summed E-state index contributed by atoms with van der Waals surface area (Å²) >= 11 is 0. The summed E-state index contributed by atoms with van der Waals surface area (Å²) in [6.45, 7) is 9.44. The van der Waals surface area contributed by atoms with E-state index in [1.165, 1.54) is 0 Å². The average molecular weight is 338 g/mol. The molecule has 1 fully saturated rings. The number of hydrogen-bond acceptors (Lipinski definition) is 4. The zero-order valence-corrected chi connectivity index (χ0v) is 15.3. The monoisotopic (exact) mass is 338 g/mol. The lowest BCUT2D eigenvalue weighted by Crippen LogP contribution is -2.49. The lowest BCUT2D eigenvalue weighted by atomic mass is 9.96. The summed E-state index contributed by atoms with van der Waals surface area (Å²) < 4.78 is 0. The Morgan fingerprint density at radius 1 is 1.04 bits per heavy atom. The first kappa shape index (κ1) is 17.4. The number of amides is 1. The summed E-state index contributed by atoms with van der Waals surface area (Å²) in [5, 5.41) is 0. The van der Waals surface area contributed by atoms with E-state index in [2.05, 4.69) is 30.7 Å². The number of anilines is 1. The van der Waals surface area contributed by atoms with Gasteiger partial charge in [0.05, 0.1) is 6.42 Å². The van der Waals surface area contributed by atoms with E-state index in [-0.39, 0.29) is 11.3 Å². The van der Waals surface area contributed by atoms with Crippen molar-refractivity contribution < 1.29 is 4.79 Å². The fourth-order valence-corrected chi connectivity index (χ4v) is 2.95. The van der Waals surface area contributed by atoms with Crippen molar-refractivity contribution in [1.82, 2.24) is 14.9 Å². The van der Waals surface area contributed by atoms with Gasteiger partial charge in [-0.05, 0) is 11.6 Å². The van der Waals surface area contributed by atoms with Crippen LogP contribution in [0.25, 0.3) is 0 Å². The van der Waals surface area contributed by atoms with Crippen molar-refractivity contribution in [2.75, 3.05) is 31.1 Å². The van der Waals surface area contributed by atoms with Crippen molar-refractivity contribution in [1.29, 1.82) is 0 Å². The molecule has 0 saturated carbocycles. The van der Waals surface area contributed by atoms with E-state index in [1.54, 1.807) is 0 Å². The van der Waals surface area contributed by atoms with Gasteiger partial charge < -0.3 is 9.80 Å². The van der Waals surface area contributed by atoms with Crippen molar-refractivity contribution in [3.63, 3.8) is 0 Å². The predicted octanol–water partition coefficient (Wildman–Crippen LogP) is 2.67. The lowest BCUT2D eigenvalue weighted by molar-refractivity contribution is -0.130. The van der Waals surface area contributed by atoms with Crippen LogP contribution in [0.15, 0.2) is 42.6 Å². The highest BCUT2D eigenvalue weighted by Gasteiger charge is 2.23. The first-order valence-electron chi connectivity index (χ1n) is 8.84. The summed E-state index contributed by atoms with van der Waals surface area (Å²) in [4.78, 5) is 25.8. The van der Waals surface area contributed by atoms with E-state index in [1.807, 2.05) is 47.5 Å². The third-order valence-corrected chi connectivity index (χ3v) is 4.47. The fourth-order valence-electron chi connectivity index (χ4n) is 2.95. The quantitative estimate of drug-likeness (QED) is 0.863. The van der Waals surface area contributed by atoms with Gasteiger partial charge in [-0.25, -0.2) is 9.97 Å². The smallest absolute Gasteiger partial charge is 0.227 e. The number of carbonyl (C=O) groups excluding carboxylic acids is 1. The largest absolute Gasteiger partial charge is 0.353 e. The zero-order valence-electron chi connectivity index (χ0n) is 15.3. The van der Waals surface area contributed by atoms with E-state index in [4.69, 9.17) is 4.98 Å². The van der Waals surface area contributed by atoms with Crippen LogP contribution in [0.2, 0.25) is 0 Å². The third-order valence-electron chi connectivity index (χ3n) is 4.47. The molecular formula is C20H26N4O. The summed E-state index contributed by atoms with van der Waals surface area (Å²) in [5.74, 6) is 2.01. The Balaban J connectivity index is 1.59. The summed E-state index contributed by atoms with van der Waals surface area (Å²) in [6, 6.07) is 11.9. The Kier molecular flexibility index (Phi) is 5.02. The van der Waals surface area contributed by atoms with Gasteiger partial charge in [-0.1, -0.05) is 51.1 Å². The molecule has 1 saturated heterocycles. The van der Waals surface area contributed by atoms with Crippen LogP contribution < -0.4 is 4.90 Å². The Morgan fingerprint density at radius 3 is 2.36 bits per heavy atom. The van der Waals surface area contributed by atoms with Crippen LogP contribution in [0, 0.1) is 0 Å². The highest BCUT2D eigenvalue weighted by atomic mass is 16.2. The molecule has 1 aliphatic heterocycles. The van der Waals surface area contributed by atoms with Gasteiger partial charge >= 0.3 is 0 Å². The van der Waals surface area contributed by atoms with E-state index in [9.17, 15) is 4.79 Å². The lowest BCUT2D eigenvalue weighted by Gasteiger charge is -2.35. The maximum absolute atomic E-state index is 12.5. The van der Waals surface area contributed by atoms with Crippen LogP contribution in [0.1, 0.15) is 32.2 Å². The molecule has 2 aromatic rings. The van der Waals surface area contributed by atoms with Crippen LogP contribution in [0.5, 0.6) is 0 Å². The molecule has 0 unspecified atom stereocenters. The molecule has 0 atom stereocenters. The van der Waals surface area contributed by atoms with Crippen LogP contribution in [0.3, 0.4) is 0 Å². The van der Waals surface area contributed by atoms with E-state index < -0.39 is 0 Å². The van der Waals surface area contributed by atoms with Crippen LogP contribution in [-0.4, -0.2) is 47.0 Å². The molecule has 1 aliphatic rings. The number of aromatic nitrogens is 2. The minimum Gasteiger partial charge on any atom is -0.353 e. The molecule has 5 heteroatoms. The highest BCUT2D eigenvalue weighted by molar-refractivity contribution is 5.79. The Labute approximate surface area is 149 Å². The predicted molar refractivity (Wildman–Crippen MR) is 99.7 cm³/mol. The molecule has 1 aromatic carbocycles. The average Bonchev–Trinajstić information content (AvgIpc) is 2.62. The van der Waals surface area contributed by atoms with Gasteiger partial charge in [0.1, 0.15) is 11.6 Å². The second kappa shape index (κ2) is 7.21. The van der Waals surface area contributed by atoms with Gasteiger partial charge in [-0.2, -0.15) is 0 Å². The van der Waals surface area contributed by atoms with Gasteiger partial charge in [0.25, 0.3) is 0 Å². The van der Waals surface area contributed by atoms with Crippen LogP contribution in [-0.2, 0) is 16.6 Å². The van der Waals surface area contributed by atoms with Crippen molar-refractivity contribution in [3.8, 4) is 0 Å². The number of rotatable bonds is 3. The van der Waals surface area contributed by atoms with Gasteiger partial charge in [-0.15, -0.1) is 0 Å². The van der Waals surface area contributed by atoms with Crippen LogP contribution in [0.4, 0.5) is 5.82 Å². The molecule has 132 valence electrons. The van der Waals surface area contributed by atoms with E-state index in [0.717, 1.165) is 43.4 Å². The number of hydrogen-bond donors (Lipinski definition) is 0. The summed E-state index contributed by atoms with van der Waals surface area (Å²) in [6.07, 6.45) is 2.30. The maximum Gasteiger partial charge on any atom is 0.227 e. The molecule has 0 bridgehead atoms. The van der Waals surface area contributed by atoms with Gasteiger partial charge in [0.2, 0.25) is 5.91 Å². The number of piperazine rings is 1. The molecule has 2 heterocycles. The number of carbonyl (C=O) groups is 1. The van der Waals surface area contributed by atoms with Gasteiger partial charge in [0, 0.05) is 37.8 Å². The third kappa shape index (κ3) is 4.35. The van der Waals surface area contributed by atoms with E-state index in [0.29, 0.717) is 6.42 Å². The minimum absolute atomic E-state index is 0.0660. The molecule has 1 amide bonds. The molecule has 0 N–H and O–H groups in total. The SMILES string of the molecule is CC(C)(C)c1nccc(N2CCN(C(=O)Cc3ccccc3)CC2)n1. The summed E-state index contributed by atoms with van der Waals surface area (Å²) in [5.41, 5.74) is 1.00. The van der Waals surface area contributed by atoms with Crippen molar-refractivity contribution in [2.24, 2.45) is 0 Å². The minimum atomic E-state index is -0.0660. The Bertz CT molecular complexity index is 716. The van der Waals surface area contributed by atoms with Gasteiger partial charge in [-0.3, -0.25) is 4.79 Å². The standard InChI is InChI=1S/C20H26N4O/c1-20(2,3)19-21-10-9-17(22-19)23-11-13-24(14-12-23)18(25)15-16-7-5-4-6-8-16/h4-10H,11-15H2,1-3H3. The molecular weight excluding hydrogens is 312 g/mol. The first-order chi connectivity index (χ1) is 11.9. The van der Waals surface area contributed by atoms with Gasteiger partial charge in [0.15, 0.2) is 0 Å². The topological polar surface area (TPSA) is 49.3 Å². The second-order valence-electron chi connectivity index (χ2n) is 7.52. The Morgan fingerprint density at radius 2 is 1.72 bits per heavy atom. The first-order valence-corrected chi connectivity index (χ1v) is 8.84. The molecule has 0 spiro atoms. The molecule has 1 aromatic heterocycles. The fraction of sp³-hybridized carbons (Fsp3) is 0.450. The zero-order chi connectivity index (χ0) is 17.9. The number of benzene rings is 1. The second-order valence-corrected chi connectivity index (χ2v) is 7.52. The Hall–Kier alpha value is -2.43. The molecule has 25 heavy (non-hydrogen) atoms. The molecule has 0 radical (unpaired) electrons. The number of nitrogens with zero attached hydrogens (tertiary/aromatic N) is 4. The summed E-state index contributed by atoms with van der Waals surface area (Å²) in [7, 11) is 0. The maximum atomic E-state index is 12.5. The van der Waals surface area contributed by atoms with Crippen LogP contribution >= 0.6 is 0 Å². The highest BCUT2D eigenvalue weighted by Crippen LogP contribution is 2.21. The van der Waals surface area contributed by atoms with Crippen molar-refractivity contribution in [3.05, 3.63) is 54.0 Å². The van der Waals surface area contributed by atoms with E-state index >= 15 is 0 Å². The molecule has 5 nitrogen and oxygen atoms in total.